The van der Waals surface area contributed by atoms with Crippen molar-refractivity contribution >= 4 is 35.0 Å². The molecule has 5 nitrogen and oxygen atoms in total. The maximum Gasteiger partial charge on any atom is 0.242 e. The Bertz CT molecular complexity index is 600. The molecule has 1 aromatic carbocycles. The average Bonchev–Trinajstić information content (AvgIpc) is 2.59. The number of anilines is 1. The van der Waals surface area contributed by atoms with Crippen LogP contribution in [0.25, 0.3) is 0 Å². The zero-order valence-electron chi connectivity index (χ0n) is 11.4. The summed E-state index contributed by atoms with van der Waals surface area (Å²) in [6, 6.07) is 5.13. The van der Waals surface area contributed by atoms with Gasteiger partial charge in [-0.05, 0) is 24.6 Å². The van der Waals surface area contributed by atoms with Gasteiger partial charge >= 0.3 is 0 Å². The summed E-state index contributed by atoms with van der Waals surface area (Å²) in [5.74, 6) is -2.92. The zero-order chi connectivity index (χ0) is 15.0. The molecule has 0 radical (unpaired) electrons. The highest BCUT2D eigenvalue weighted by molar-refractivity contribution is 6.31. The number of imide groups is 1. The molecule has 0 aromatic heterocycles. The molecule has 0 aliphatic carbocycles. The van der Waals surface area contributed by atoms with Crippen molar-refractivity contribution in [3.05, 3.63) is 28.8 Å². The molecule has 0 bridgehead atoms. The number of likely N-dealkylation sites (tertiary alicyclic amines) is 1. The zero-order valence-corrected chi connectivity index (χ0v) is 12.2. The number of nitrogens with zero attached hydrogens (tertiary/aromatic N) is 1. The fourth-order valence-electron chi connectivity index (χ4n) is 2.27. The number of benzene rings is 1. The van der Waals surface area contributed by atoms with Crippen LogP contribution in [-0.4, -0.2) is 29.7 Å². The maximum absolute atomic E-state index is 12.2. The quantitative estimate of drug-likeness (QED) is 0.668. The number of nitrogens with one attached hydrogen (secondary N) is 1. The van der Waals surface area contributed by atoms with E-state index in [2.05, 4.69) is 5.32 Å². The van der Waals surface area contributed by atoms with E-state index in [9.17, 15) is 14.4 Å². The predicted molar refractivity (Wildman–Crippen MR) is 75.2 cm³/mol. The lowest BCUT2D eigenvalue weighted by atomic mass is 9.96. The normalized spacial score (nSPS) is 22.3. The number of carbonyl (C=O) groups is 3. The van der Waals surface area contributed by atoms with Crippen LogP contribution >= 0.6 is 11.6 Å². The molecule has 0 saturated carbocycles. The molecule has 3 amide bonds. The molecule has 1 aliphatic rings. The second-order valence-corrected chi connectivity index (χ2v) is 5.31. The minimum atomic E-state index is -0.981. The van der Waals surface area contributed by atoms with Gasteiger partial charge in [0.25, 0.3) is 0 Å². The molecule has 1 fully saturated rings. The Morgan fingerprint density at radius 2 is 1.95 bits per heavy atom. The molecule has 2 atom stereocenters. The summed E-state index contributed by atoms with van der Waals surface area (Å²) < 4.78 is 0. The number of amides is 3. The summed E-state index contributed by atoms with van der Waals surface area (Å²) in [5, 5.41) is 3.20. The van der Waals surface area contributed by atoms with Crippen LogP contribution in [0.15, 0.2) is 18.2 Å². The van der Waals surface area contributed by atoms with Gasteiger partial charge in [-0.15, -0.1) is 0 Å². The summed E-state index contributed by atoms with van der Waals surface area (Å²) in [5.41, 5.74) is 1.27. The highest BCUT2D eigenvalue weighted by Gasteiger charge is 2.47. The lowest BCUT2D eigenvalue weighted by molar-refractivity contribution is -0.138. The summed E-state index contributed by atoms with van der Waals surface area (Å²) in [4.78, 5) is 36.9. The van der Waals surface area contributed by atoms with E-state index in [1.165, 1.54) is 7.05 Å². The van der Waals surface area contributed by atoms with Gasteiger partial charge in [-0.1, -0.05) is 24.6 Å². The van der Waals surface area contributed by atoms with Crippen LogP contribution in [0.3, 0.4) is 0 Å². The van der Waals surface area contributed by atoms with Crippen molar-refractivity contribution in [3.8, 4) is 0 Å². The van der Waals surface area contributed by atoms with Gasteiger partial charge in [0, 0.05) is 17.8 Å². The van der Waals surface area contributed by atoms with Crippen LogP contribution in [0, 0.1) is 18.8 Å². The Kier molecular flexibility index (Phi) is 3.81. The van der Waals surface area contributed by atoms with Gasteiger partial charge in [-0.2, -0.15) is 0 Å². The molecule has 2 rings (SSSR count). The largest absolute Gasteiger partial charge is 0.325 e. The van der Waals surface area contributed by atoms with Crippen LogP contribution in [0.5, 0.6) is 0 Å². The molecular weight excluding hydrogens is 280 g/mol. The molecule has 20 heavy (non-hydrogen) atoms. The first-order valence-electron chi connectivity index (χ1n) is 6.22. The Labute approximate surface area is 121 Å². The van der Waals surface area contributed by atoms with Gasteiger partial charge in [-0.3, -0.25) is 19.3 Å². The van der Waals surface area contributed by atoms with Gasteiger partial charge < -0.3 is 5.32 Å². The first kappa shape index (κ1) is 14.5. The number of carbonyl (C=O) groups excluding carboxylic acids is 3. The lowest BCUT2D eigenvalue weighted by Crippen LogP contribution is -2.32. The number of hydrogen-bond donors (Lipinski definition) is 1. The van der Waals surface area contributed by atoms with Crippen molar-refractivity contribution in [2.24, 2.45) is 11.8 Å². The van der Waals surface area contributed by atoms with Crippen molar-refractivity contribution in [2.45, 2.75) is 13.8 Å². The fourth-order valence-corrected chi connectivity index (χ4v) is 2.45. The van der Waals surface area contributed by atoms with Gasteiger partial charge in [0.1, 0.15) is 5.92 Å². The monoisotopic (exact) mass is 294 g/mol. The first-order chi connectivity index (χ1) is 9.34. The Hall–Kier alpha value is -1.88. The van der Waals surface area contributed by atoms with Crippen molar-refractivity contribution in [1.82, 2.24) is 4.90 Å². The summed E-state index contributed by atoms with van der Waals surface area (Å²) in [6.07, 6.45) is 0. The molecule has 1 aromatic rings. The Morgan fingerprint density at radius 3 is 2.50 bits per heavy atom. The third-order valence-electron chi connectivity index (χ3n) is 3.62. The van der Waals surface area contributed by atoms with Crippen molar-refractivity contribution in [2.75, 3.05) is 12.4 Å². The van der Waals surface area contributed by atoms with Crippen molar-refractivity contribution in [3.63, 3.8) is 0 Å². The molecule has 1 aliphatic heterocycles. The van der Waals surface area contributed by atoms with Gasteiger partial charge in [0.05, 0.1) is 5.92 Å². The van der Waals surface area contributed by atoms with Gasteiger partial charge in [-0.25, -0.2) is 0 Å². The molecule has 1 saturated heterocycles. The lowest BCUT2D eigenvalue weighted by Gasteiger charge is -2.14. The van der Waals surface area contributed by atoms with Crippen LogP contribution in [0.2, 0.25) is 5.02 Å². The number of hydrogen-bond acceptors (Lipinski definition) is 3. The average molecular weight is 295 g/mol. The van der Waals surface area contributed by atoms with E-state index in [-0.39, 0.29) is 5.91 Å². The third-order valence-corrected chi connectivity index (χ3v) is 4.03. The van der Waals surface area contributed by atoms with Crippen LogP contribution in [0.4, 0.5) is 5.69 Å². The van der Waals surface area contributed by atoms with E-state index < -0.39 is 23.7 Å². The molecular formula is C14H15ClN2O3. The second-order valence-electron chi connectivity index (χ2n) is 4.90. The minimum Gasteiger partial charge on any atom is -0.325 e. The molecule has 1 N–H and O–H groups in total. The highest BCUT2D eigenvalue weighted by Crippen LogP contribution is 2.28. The van der Waals surface area contributed by atoms with Crippen molar-refractivity contribution < 1.29 is 14.4 Å². The van der Waals surface area contributed by atoms with E-state index in [1.54, 1.807) is 32.0 Å². The summed E-state index contributed by atoms with van der Waals surface area (Å²) in [7, 11) is 1.39. The van der Waals surface area contributed by atoms with Crippen LogP contribution < -0.4 is 5.32 Å². The summed E-state index contributed by atoms with van der Waals surface area (Å²) >= 11 is 5.98. The molecule has 106 valence electrons. The fraction of sp³-hybridized carbons (Fsp3) is 0.357. The van der Waals surface area contributed by atoms with Crippen LogP contribution in [-0.2, 0) is 14.4 Å². The van der Waals surface area contributed by atoms with E-state index in [0.29, 0.717) is 10.7 Å². The standard InChI is InChI=1S/C14H15ClN2O3/c1-7-9(15)5-4-6-10(7)16-12(18)11-8(2)13(19)17(3)14(11)20/h4-6,8,11H,1-3H3,(H,16,18). The van der Waals surface area contributed by atoms with Crippen LogP contribution in [0.1, 0.15) is 12.5 Å². The van der Waals surface area contributed by atoms with Crippen molar-refractivity contribution in [1.29, 1.82) is 0 Å². The van der Waals surface area contributed by atoms with Gasteiger partial charge in [0.15, 0.2) is 0 Å². The molecule has 1 heterocycles. The topological polar surface area (TPSA) is 66.5 Å². The number of rotatable bonds is 2. The van der Waals surface area contributed by atoms with Gasteiger partial charge in [0.2, 0.25) is 17.7 Å². The van der Waals surface area contributed by atoms with E-state index in [4.69, 9.17) is 11.6 Å². The summed E-state index contributed by atoms with van der Waals surface area (Å²) in [6.45, 7) is 3.36. The van der Waals surface area contributed by atoms with E-state index >= 15 is 0 Å². The minimum absolute atomic E-state index is 0.335. The Morgan fingerprint density at radius 1 is 1.30 bits per heavy atom. The second kappa shape index (κ2) is 5.25. The highest BCUT2D eigenvalue weighted by atomic mass is 35.5. The molecule has 2 unspecified atom stereocenters. The number of halogens is 1. The van der Waals surface area contributed by atoms with E-state index in [0.717, 1.165) is 10.5 Å². The van der Waals surface area contributed by atoms with E-state index in [1.807, 2.05) is 0 Å². The maximum atomic E-state index is 12.2. The molecule has 6 heteroatoms. The predicted octanol–water partition coefficient (Wildman–Crippen LogP) is 1.84. The third kappa shape index (κ3) is 2.29. The SMILES string of the molecule is Cc1c(Cl)cccc1NC(=O)C1C(=O)N(C)C(=O)C1C. The first-order valence-corrected chi connectivity index (χ1v) is 6.59. The Balaban J connectivity index is 2.23. The molecule has 0 spiro atoms. The smallest absolute Gasteiger partial charge is 0.242 e.